The molecule has 128 valence electrons. The number of benzene rings is 2. The number of carbonyl (C=O) groups is 1. The van der Waals surface area contributed by atoms with Crippen molar-refractivity contribution in [3.63, 3.8) is 0 Å². The zero-order valence-electron chi connectivity index (χ0n) is 14.2. The van der Waals surface area contributed by atoms with Gasteiger partial charge in [-0.1, -0.05) is 36.4 Å². The smallest absolute Gasteiger partial charge is 0.150 e. The second-order valence-electron chi connectivity index (χ2n) is 6.00. The maximum absolute atomic E-state index is 11.1. The fourth-order valence-corrected chi connectivity index (χ4v) is 3.55. The van der Waals surface area contributed by atoms with Crippen LogP contribution >= 0.6 is 11.3 Å². The number of hydrogen-bond acceptors (Lipinski definition) is 3. The highest BCUT2D eigenvalue weighted by atomic mass is 32.1. The zero-order valence-corrected chi connectivity index (χ0v) is 15.0. The number of unbranched alkanes of at least 4 members (excludes halogenated alkanes) is 2. The normalized spacial score (nSPS) is 10.6. The highest BCUT2D eigenvalue weighted by molar-refractivity contribution is 7.13. The van der Waals surface area contributed by atoms with E-state index in [9.17, 15) is 4.79 Å². The summed E-state index contributed by atoms with van der Waals surface area (Å²) in [7, 11) is 0. The molecule has 3 aromatic rings. The second-order valence-corrected chi connectivity index (χ2v) is 6.94. The Hall–Kier alpha value is -2.39. The summed E-state index contributed by atoms with van der Waals surface area (Å²) in [5, 5.41) is 2.04. The molecule has 0 atom stereocenters. The van der Waals surface area contributed by atoms with Crippen molar-refractivity contribution in [2.75, 3.05) is 6.61 Å². The van der Waals surface area contributed by atoms with Crippen LogP contribution in [0.3, 0.4) is 0 Å². The van der Waals surface area contributed by atoms with Crippen LogP contribution < -0.4 is 4.74 Å². The van der Waals surface area contributed by atoms with Crippen molar-refractivity contribution in [3.8, 4) is 16.2 Å². The minimum absolute atomic E-state index is 0.679. The Morgan fingerprint density at radius 2 is 1.80 bits per heavy atom. The minimum Gasteiger partial charge on any atom is -0.493 e. The summed E-state index contributed by atoms with van der Waals surface area (Å²) < 4.78 is 6.00. The first kappa shape index (κ1) is 17.4. The van der Waals surface area contributed by atoms with Gasteiger partial charge in [0.15, 0.2) is 0 Å². The van der Waals surface area contributed by atoms with E-state index in [1.54, 1.807) is 11.3 Å². The van der Waals surface area contributed by atoms with Crippen LogP contribution in [0.5, 0.6) is 5.75 Å². The molecule has 0 spiro atoms. The van der Waals surface area contributed by atoms with Crippen molar-refractivity contribution in [1.29, 1.82) is 0 Å². The summed E-state index contributed by atoms with van der Waals surface area (Å²) in [6.07, 6.45) is 5.36. The van der Waals surface area contributed by atoms with Crippen LogP contribution in [0, 0.1) is 0 Å². The van der Waals surface area contributed by atoms with Gasteiger partial charge in [0.25, 0.3) is 0 Å². The van der Waals surface area contributed by atoms with Gasteiger partial charge < -0.3 is 4.74 Å². The Morgan fingerprint density at radius 1 is 0.920 bits per heavy atom. The van der Waals surface area contributed by atoms with E-state index in [-0.39, 0.29) is 0 Å². The lowest BCUT2D eigenvalue weighted by atomic mass is 10.1. The number of carbonyl (C=O) groups excluding carboxylic acids is 1. The molecule has 3 heteroatoms. The molecule has 0 unspecified atom stereocenters. The molecule has 2 nitrogen and oxygen atoms in total. The highest BCUT2D eigenvalue weighted by Gasteiger charge is 2.09. The first-order chi connectivity index (χ1) is 12.4. The van der Waals surface area contributed by atoms with Crippen LogP contribution in [0.15, 0.2) is 66.0 Å². The zero-order chi connectivity index (χ0) is 17.3. The number of ether oxygens (including phenoxy) is 1. The van der Waals surface area contributed by atoms with Crippen molar-refractivity contribution >= 4 is 17.6 Å². The second kappa shape index (κ2) is 9.19. The van der Waals surface area contributed by atoms with Crippen LogP contribution in [0.25, 0.3) is 10.4 Å². The Bertz CT molecular complexity index is 779. The summed E-state index contributed by atoms with van der Waals surface area (Å²) in [5.74, 6) is 0.858. The van der Waals surface area contributed by atoms with Gasteiger partial charge in [0.2, 0.25) is 0 Å². The van der Waals surface area contributed by atoms with E-state index in [4.69, 9.17) is 4.74 Å². The fraction of sp³-hybridized carbons (Fsp3) is 0.227. The Balaban J connectivity index is 1.50. The maximum atomic E-state index is 11.1. The van der Waals surface area contributed by atoms with Crippen LogP contribution in [-0.4, -0.2) is 12.9 Å². The lowest BCUT2D eigenvalue weighted by Gasteiger charge is -2.11. The van der Waals surface area contributed by atoms with Gasteiger partial charge in [-0.05, 0) is 60.9 Å². The average molecular weight is 350 g/mol. The molecular formula is C22H22O2S. The number of rotatable bonds is 9. The molecule has 0 saturated heterocycles. The molecule has 0 bridgehead atoms. The maximum Gasteiger partial charge on any atom is 0.150 e. The molecular weight excluding hydrogens is 328 g/mol. The third-order valence-electron chi connectivity index (χ3n) is 4.14. The monoisotopic (exact) mass is 350 g/mol. The molecule has 0 aliphatic rings. The molecule has 0 fully saturated rings. The quantitative estimate of drug-likeness (QED) is 0.348. The van der Waals surface area contributed by atoms with Crippen molar-refractivity contribution in [2.24, 2.45) is 0 Å². The molecule has 0 N–H and O–H groups in total. The minimum atomic E-state index is 0.679. The molecule has 25 heavy (non-hydrogen) atoms. The van der Waals surface area contributed by atoms with Crippen LogP contribution in [0.2, 0.25) is 0 Å². The lowest BCUT2D eigenvalue weighted by molar-refractivity contribution is 0.112. The predicted octanol–water partition coefficient (Wildman–Crippen LogP) is 6.02. The van der Waals surface area contributed by atoms with Crippen molar-refractivity contribution in [1.82, 2.24) is 0 Å². The largest absolute Gasteiger partial charge is 0.493 e. The number of aldehydes is 1. The number of thiophene rings is 1. The van der Waals surface area contributed by atoms with Gasteiger partial charge >= 0.3 is 0 Å². The van der Waals surface area contributed by atoms with Gasteiger partial charge in [0.05, 0.1) is 6.61 Å². The Morgan fingerprint density at radius 3 is 2.56 bits per heavy atom. The summed E-state index contributed by atoms with van der Waals surface area (Å²) in [6.45, 7) is 0.702. The summed E-state index contributed by atoms with van der Waals surface area (Å²) in [6, 6.07) is 20.3. The number of aryl methyl sites for hydroxylation is 1. The van der Waals surface area contributed by atoms with Crippen LogP contribution in [0.4, 0.5) is 0 Å². The molecule has 0 aliphatic heterocycles. The average Bonchev–Trinajstić information content (AvgIpc) is 3.20. The summed E-state index contributed by atoms with van der Waals surface area (Å²) >= 11 is 1.66. The van der Waals surface area contributed by atoms with Gasteiger partial charge in [-0.25, -0.2) is 0 Å². The van der Waals surface area contributed by atoms with Gasteiger partial charge in [-0.3, -0.25) is 4.79 Å². The standard InChI is InChI=1S/C22H22O2S/c23-17-19-12-13-21(20(16-19)22-11-7-15-25-22)24-14-6-2-5-10-18-8-3-1-4-9-18/h1,3-4,7-9,11-13,15-17H,2,5-6,10,14H2. The first-order valence-electron chi connectivity index (χ1n) is 8.66. The Kier molecular flexibility index (Phi) is 6.41. The topological polar surface area (TPSA) is 26.3 Å². The van der Waals surface area contributed by atoms with E-state index in [0.717, 1.165) is 41.7 Å². The van der Waals surface area contributed by atoms with E-state index in [1.807, 2.05) is 29.6 Å². The van der Waals surface area contributed by atoms with E-state index in [0.29, 0.717) is 12.2 Å². The van der Waals surface area contributed by atoms with E-state index < -0.39 is 0 Å². The molecule has 0 aliphatic carbocycles. The number of hydrogen-bond donors (Lipinski definition) is 0. The third-order valence-corrected chi connectivity index (χ3v) is 5.04. The van der Waals surface area contributed by atoms with E-state index >= 15 is 0 Å². The molecule has 2 aromatic carbocycles. The van der Waals surface area contributed by atoms with E-state index in [2.05, 4.69) is 36.4 Å². The van der Waals surface area contributed by atoms with Crippen molar-refractivity contribution in [3.05, 3.63) is 77.2 Å². The lowest BCUT2D eigenvalue weighted by Crippen LogP contribution is -1.99. The fourth-order valence-electron chi connectivity index (χ4n) is 2.81. The highest BCUT2D eigenvalue weighted by Crippen LogP contribution is 2.34. The molecule has 1 aromatic heterocycles. The van der Waals surface area contributed by atoms with Crippen molar-refractivity contribution in [2.45, 2.75) is 25.7 Å². The summed E-state index contributed by atoms with van der Waals surface area (Å²) in [5.41, 5.74) is 3.08. The predicted molar refractivity (Wildman–Crippen MR) is 105 cm³/mol. The molecule has 0 saturated carbocycles. The van der Waals surface area contributed by atoms with Crippen LogP contribution in [0.1, 0.15) is 35.2 Å². The summed E-state index contributed by atoms with van der Waals surface area (Å²) in [4.78, 5) is 12.2. The molecule has 1 heterocycles. The molecule has 0 amide bonds. The van der Waals surface area contributed by atoms with Gasteiger partial charge in [-0.2, -0.15) is 0 Å². The van der Waals surface area contributed by atoms with Crippen molar-refractivity contribution < 1.29 is 9.53 Å². The molecule has 0 radical (unpaired) electrons. The molecule has 3 rings (SSSR count). The Labute approximate surface area is 153 Å². The van der Waals surface area contributed by atoms with Gasteiger partial charge in [0, 0.05) is 16.0 Å². The first-order valence-corrected chi connectivity index (χ1v) is 9.54. The van der Waals surface area contributed by atoms with Gasteiger partial charge in [0.1, 0.15) is 12.0 Å². The van der Waals surface area contributed by atoms with Crippen LogP contribution in [-0.2, 0) is 6.42 Å². The third kappa shape index (κ3) is 5.04. The van der Waals surface area contributed by atoms with Gasteiger partial charge in [-0.15, -0.1) is 11.3 Å². The van der Waals surface area contributed by atoms with E-state index in [1.165, 1.54) is 12.0 Å². The SMILES string of the molecule is O=Cc1ccc(OCCCCCc2ccccc2)c(-c2cccs2)c1.